The second kappa shape index (κ2) is 5.67. The molecule has 0 aliphatic carbocycles. The lowest BCUT2D eigenvalue weighted by Gasteiger charge is -2.13. The van der Waals surface area contributed by atoms with Crippen LogP contribution >= 0.6 is 0 Å². The van der Waals surface area contributed by atoms with Gasteiger partial charge in [-0.3, -0.25) is 10.1 Å². The minimum atomic E-state index is -4.42. The maximum Gasteiger partial charge on any atom is 0.416 e. The highest BCUT2D eigenvalue weighted by atomic mass is 19.4. The molecule has 1 heterocycles. The summed E-state index contributed by atoms with van der Waals surface area (Å²) in [4.78, 5) is 9.80. The van der Waals surface area contributed by atoms with Crippen molar-refractivity contribution in [2.24, 2.45) is 0 Å². The van der Waals surface area contributed by atoms with Crippen molar-refractivity contribution in [1.29, 1.82) is 0 Å². The number of hydrogen-bond acceptors (Lipinski definition) is 2. The molecule has 0 saturated carbocycles. The molecule has 22 heavy (non-hydrogen) atoms. The number of halogens is 3. The Morgan fingerprint density at radius 3 is 2.50 bits per heavy atom. The lowest BCUT2D eigenvalue weighted by atomic mass is 10.2. The number of hydrogen-bond donors (Lipinski definition) is 0. The highest BCUT2D eigenvalue weighted by Crippen LogP contribution is 2.31. The highest BCUT2D eigenvalue weighted by Gasteiger charge is 2.30. The molecule has 7 heteroatoms. The van der Waals surface area contributed by atoms with Gasteiger partial charge in [0.1, 0.15) is 0 Å². The van der Waals surface area contributed by atoms with Crippen molar-refractivity contribution in [3.63, 3.8) is 0 Å². The van der Waals surface area contributed by atoms with Gasteiger partial charge in [0.15, 0.2) is 0 Å². The SMILES string of the molecule is Cc1cc(/C=C\[N+](=O)[O-])c(C)n1-c1cccc(C(F)(F)F)c1. The molecule has 4 nitrogen and oxygen atoms in total. The minimum Gasteiger partial charge on any atom is -0.318 e. The van der Waals surface area contributed by atoms with Crippen LogP contribution in [0, 0.1) is 24.0 Å². The number of aromatic nitrogens is 1. The van der Waals surface area contributed by atoms with Gasteiger partial charge in [-0.2, -0.15) is 13.2 Å². The van der Waals surface area contributed by atoms with E-state index < -0.39 is 16.7 Å². The maximum absolute atomic E-state index is 12.8. The van der Waals surface area contributed by atoms with E-state index in [4.69, 9.17) is 0 Å². The van der Waals surface area contributed by atoms with Crippen molar-refractivity contribution < 1.29 is 18.1 Å². The molecule has 116 valence electrons. The molecule has 0 aliphatic rings. The molecule has 0 spiro atoms. The topological polar surface area (TPSA) is 48.1 Å². The molecule has 0 saturated heterocycles. The van der Waals surface area contributed by atoms with Crippen LogP contribution in [0.2, 0.25) is 0 Å². The van der Waals surface area contributed by atoms with E-state index in [1.807, 2.05) is 0 Å². The molecule has 0 amide bonds. The third-order valence-electron chi connectivity index (χ3n) is 3.28. The lowest BCUT2D eigenvalue weighted by Crippen LogP contribution is -2.07. The fourth-order valence-electron chi connectivity index (χ4n) is 2.32. The smallest absolute Gasteiger partial charge is 0.318 e. The summed E-state index contributed by atoms with van der Waals surface area (Å²) in [6.45, 7) is 3.43. The number of rotatable bonds is 3. The predicted molar refractivity (Wildman–Crippen MR) is 76.3 cm³/mol. The summed E-state index contributed by atoms with van der Waals surface area (Å²) in [6.07, 6.45) is -2.29. The van der Waals surface area contributed by atoms with Gasteiger partial charge in [0, 0.05) is 28.7 Å². The van der Waals surface area contributed by atoms with Crippen LogP contribution in [0.5, 0.6) is 0 Å². The van der Waals surface area contributed by atoms with Crippen LogP contribution in [0.25, 0.3) is 11.8 Å². The van der Waals surface area contributed by atoms with Gasteiger partial charge in [-0.1, -0.05) is 6.07 Å². The van der Waals surface area contributed by atoms with Crippen molar-refractivity contribution in [2.75, 3.05) is 0 Å². The fraction of sp³-hybridized carbons (Fsp3) is 0.200. The molecule has 0 bridgehead atoms. The number of aryl methyl sites for hydroxylation is 1. The van der Waals surface area contributed by atoms with Gasteiger partial charge in [-0.05, 0) is 38.1 Å². The summed E-state index contributed by atoms with van der Waals surface area (Å²) in [5.41, 5.74) is 1.55. The van der Waals surface area contributed by atoms with E-state index in [-0.39, 0.29) is 0 Å². The van der Waals surface area contributed by atoms with Crippen LogP contribution in [-0.4, -0.2) is 9.49 Å². The van der Waals surface area contributed by atoms with Crippen molar-refractivity contribution >= 4 is 6.08 Å². The number of nitro groups is 1. The Morgan fingerprint density at radius 2 is 1.91 bits per heavy atom. The summed E-state index contributed by atoms with van der Waals surface area (Å²) in [5, 5.41) is 10.4. The van der Waals surface area contributed by atoms with E-state index in [9.17, 15) is 23.3 Å². The zero-order valence-corrected chi connectivity index (χ0v) is 11.9. The molecule has 1 aromatic heterocycles. The third kappa shape index (κ3) is 3.19. The number of benzene rings is 1. The standard InChI is InChI=1S/C15H13F3N2O2/c1-10-8-12(6-7-19(21)22)11(2)20(10)14-5-3-4-13(9-14)15(16,17)18/h3-9H,1-2H3/b7-6-. The zero-order valence-electron chi connectivity index (χ0n) is 11.9. The number of nitrogens with zero attached hydrogens (tertiary/aromatic N) is 2. The first-order valence-electron chi connectivity index (χ1n) is 6.38. The van der Waals surface area contributed by atoms with Crippen molar-refractivity contribution in [1.82, 2.24) is 4.57 Å². The Balaban J connectivity index is 2.52. The largest absolute Gasteiger partial charge is 0.416 e. The summed E-state index contributed by atoms with van der Waals surface area (Å²) >= 11 is 0. The van der Waals surface area contributed by atoms with Gasteiger partial charge < -0.3 is 4.57 Å². The van der Waals surface area contributed by atoms with Gasteiger partial charge in [0.05, 0.1) is 10.5 Å². The van der Waals surface area contributed by atoms with E-state index in [0.717, 1.165) is 18.3 Å². The van der Waals surface area contributed by atoms with Gasteiger partial charge in [-0.15, -0.1) is 0 Å². The lowest BCUT2D eigenvalue weighted by molar-refractivity contribution is -0.400. The molecule has 2 rings (SSSR count). The number of alkyl halides is 3. The van der Waals surface area contributed by atoms with Gasteiger partial charge >= 0.3 is 6.18 Å². The van der Waals surface area contributed by atoms with E-state index in [0.29, 0.717) is 22.6 Å². The van der Waals surface area contributed by atoms with Crippen molar-refractivity contribution in [2.45, 2.75) is 20.0 Å². The minimum absolute atomic E-state index is 0.366. The van der Waals surface area contributed by atoms with E-state index in [1.165, 1.54) is 12.1 Å². The Kier molecular flexibility index (Phi) is 4.07. The summed E-state index contributed by atoms with van der Waals surface area (Å²) in [7, 11) is 0. The molecule has 2 aromatic rings. The van der Waals surface area contributed by atoms with E-state index >= 15 is 0 Å². The Morgan fingerprint density at radius 1 is 1.23 bits per heavy atom. The van der Waals surface area contributed by atoms with Crippen LogP contribution < -0.4 is 0 Å². The first kappa shape index (κ1) is 15.8. The molecular weight excluding hydrogens is 297 g/mol. The quantitative estimate of drug-likeness (QED) is 0.624. The van der Waals surface area contributed by atoms with Gasteiger partial charge in [0.2, 0.25) is 6.20 Å². The van der Waals surface area contributed by atoms with Crippen LogP contribution in [0.3, 0.4) is 0 Å². The Labute approximate surface area is 124 Å². The molecule has 0 N–H and O–H groups in total. The molecule has 1 aromatic carbocycles. The Bertz CT molecular complexity index is 746. The average Bonchev–Trinajstić information content (AvgIpc) is 2.70. The average molecular weight is 310 g/mol. The van der Waals surface area contributed by atoms with Crippen molar-refractivity contribution in [3.05, 3.63) is 69.2 Å². The summed E-state index contributed by atoms with van der Waals surface area (Å²) < 4.78 is 40.0. The maximum atomic E-state index is 12.8. The molecule has 0 radical (unpaired) electrons. The second-order valence-corrected chi connectivity index (χ2v) is 4.81. The summed E-state index contributed by atoms with van der Waals surface area (Å²) in [6, 6.07) is 6.65. The van der Waals surface area contributed by atoms with Gasteiger partial charge in [-0.25, -0.2) is 0 Å². The van der Waals surface area contributed by atoms with Crippen LogP contribution in [0.4, 0.5) is 13.2 Å². The molecule has 0 fully saturated rings. The van der Waals surface area contributed by atoms with E-state index in [2.05, 4.69) is 0 Å². The second-order valence-electron chi connectivity index (χ2n) is 4.81. The normalized spacial score (nSPS) is 12.0. The van der Waals surface area contributed by atoms with Crippen LogP contribution in [0.15, 0.2) is 36.5 Å². The third-order valence-corrected chi connectivity index (χ3v) is 3.28. The van der Waals surface area contributed by atoms with Crippen molar-refractivity contribution in [3.8, 4) is 5.69 Å². The Hall–Kier alpha value is -2.57. The molecular formula is C15H13F3N2O2. The first-order chi connectivity index (χ1) is 10.2. The molecule has 0 unspecified atom stereocenters. The van der Waals surface area contributed by atoms with Crippen LogP contribution in [-0.2, 0) is 6.18 Å². The van der Waals surface area contributed by atoms with Crippen LogP contribution in [0.1, 0.15) is 22.5 Å². The van der Waals surface area contributed by atoms with Gasteiger partial charge in [0.25, 0.3) is 0 Å². The monoisotopic (exact) mass is 310 g/mol. The first-order valence-corrected chi connectivity index (χ1v) is 6.38. The molecule has 0 atom stereocenters. The molecule has 0 aliphatic heterocycles. The predicted octanol–water partition coefficient (Wildman–Crippen LogP) is 4.36. The van der Waals surface area contributed by atoms with E-state index in [1.54, 1.807) is 30.5 Å². The highest BCUT2D eigenvalue weighted by molar-refractivity contribution is 5.56. The zero-order chi connectivity index (χ0) is 16.5. The summed E-state index contributed by atoms with van der Waals surface area (Å²) in [5.74, 6) is 0. The fourth-order valence-corrected chi connectivity index (χ4v) is 2.32.